The molecule has 10 nitrogen and oxygen atoms in total. The molecule has 0 aromatic carbocycles. The molecule has 0 aliphatic rings. The Morgan fingerprint density at radius 1 is 0.690 bits per heavy atom. The monoisotopic (exact) mass is 470 g/mol. The van der Waals surface area contributed by atoms with Crippen LogP contribution in [0.1, 0.15) is 52.4 Å². The molecule has 0 rings (SSSR count). The summed E-state index contributed by atoms with van der Waals surface area (Å²) in [7, 11) is 3.03. The molecule has 0 aliphatic heterocycles. The molecule has 29 heavy (non-hydrogen) atoms. The van der Waals surface area contributed by atoms with Crippen molar-refractivity contribution in [2.24, 2.45) is 0 Å². The third-order valence-electron chi connectivity index (χ3n) is 2.99. The van der Waals surface area contributed by atoms with Crippen LogP contribution >= 0.6 is 0 Å². The summed E-state index contributed by atoms with van der Waals surface area (Å²) in [6, 6.07) is 0. The van der Waals surface area contributed by atoms with Crippen LogP contribution in [0.4, 0.5) is 0 Å². The number of carbonyl (C=O) groups is 4. The minimum atomic E-state index is -1.15. The maximum absolute atomic E-state index is 11.0. The molecule has 0 bridgehead atoms. The summed E-state index contributed by atoms with van der Waals surface area (Å²) in [6.07, 6.45) is -0.126. The number of esters is 2. The third kappa shape index (κ3) is 26.4. The number of ether oxygens (including phenoxy) is 4. The van der Waals surface area contributed by atoms with E-state index in [2.05, 4.69) is 0 Å². The molecule has 0 amide bonds. The molecule has 0 spiro atoms. The van der Waals surface area contributed by atoms with E-state index in [0.29, 0.717) is 13.2 Å². The standard InChI is InChI=1S/2C9H16O5.Zn/c2*1-7(6-13-2)14-9(12)5-3-4-8(10)11;/h2*7H,3-6H2,1-2H3,(H,10,11);/q;;+2/p-2. The molecule has 0 heterocycles. The summed E-state index contributed by atoms with van der Waals surface area (Å²) in [6.45, 7) is 4.10. The van der Waals surface area contributed by atoms with Gasteiger partial charge in [-0.25, -0.2) is 0 Å². The average Bonchev–Trinajstić information content (AvgIpc) is 2.54. The van der Waals surface area contributed by atoms with Gasteiger partial charge in [0.05, 0.1) is 13.2 Å². The summed E-state index contributed by atoms with van der Waals surface area (Å²) in [5, 5.41) is 20.0. The van der Waals surface area contributed by atoms with E-state index in [1.807, 2.05) is 0 Å². The third-order valence-corrected chi connectivity index (χ3v) is 2.99. The van der Waals surface area contributed by atoms with Crippen molar-refractivity contribution in [2.75, 3.05) is 27.4 Å². The Morgan fingerprint density at radius 2 is 1.00 bits per heavy atom. The van der Waals surface area contributed by atoms with Gasteiger partial charge in [0.15, 0.2) is 0 Å². The van der Waals surface area contributed by atoms with Crippen molar-refractivity contribution in [3.63, 3.8) is 0 Å². The zero-order valence-electron chi connectivity index (χ0n) is 17.6. The van der Waals surface area contributed by atoms with Gasteiger partial charge in [0, 0.05) is 39.0 Å². The molecular weight excluding hydrogens is 442 g/mol. The summed E-state index contributed by atoms with van der Waals surface area (Å²) >= 11 is 0. The van der Waals surface area contributed by atoms with Gasteiger partial charge in [0.1, 0.15) is 12.2 Å². The predicted molar refractivity (Wildman–Crippen MR) is 92.6 cm³/mol. The van der Waals surface area contributed by atoms with E-state index in [1.165, 1.54) is 14.2 Å². The zero-order valence-corrected chi connectivity index (χ0v) is 20.6. The van der Waals surface area contributed by atoms with Crippen molar-refractivity contribution in [1.29, 1.82) is 0 Å². The van der Waals surface area contributed by atoms with Crippen molar-refractivity contribution >= 4 is 23.9 Å². The van der Waals surface area contributed by atoms with Gasteiger partial charge in [0.2, 0.25) is 0 Å². The van der Waals surface area contributed by atoms with Crippen molar-refractivity contribution < 1.29 is 67.8 Å². The van der Waals surface area contributed by atoms with Crippen LogP contribution in [0, 0.1) is 0 Å². The fourth-order valence-corrected chi connectivity index (χ4v) is 1.86. The van der Waals surface area contributed by atoms with Crippen LogP contribution in [0.3, 0.4) is 0 Å². The van der Waals surface area contributed by atoms with Crippen molar-refractivity contribution in [1.82, 2.24) is 0 Å². The van der Waals surface area contributed by atoms with E-state index in [0.717, 1.165) is 0 Å². The van der Waals surface area contributed by atoms with E-state index in [4.69, 9.17) is 18.9 Å². The van der Waals surface area contributed by atoms with Gasteiger partial charge in [-0.2, -0.15) is 0 Å². The summed E-state index contributed by atoms with van der Waals surface area (Å²) in [5.74, 6) is -3.11. The molecule has 0 aromatic rings. The fraction of sp³-hybridized carbons (Fsp3) is 0.778. The largest absolute Gasteiger partial charge is 2.00 e. The molecule has 0 aliphatic carbocycles. The first-order valence-corrected chi connectivity index (χ1v) is 8.88. The quantitative estimate of drug-likeness (QED) is 0.227. The van der Waals surface area contributed by atoms with Crippen LogP contribution in [0.5, 0.6) is 0 Å². The van der Waals surface area contributed by atoms with Crippen LogP contribution in [0.15, 0.2) is 0 Å². The minimum absolute atomic E-state index is 0. The van der Waals surface area contributed by atoms with Crippen LogP contribution in [0.25, 0.3) is 0 Å². The van der Waals surface area contributed by atoms with Crippen LogP contribution in [-0.2, 0) is 57.6 Å². The van der Waals surface area contributed by atoms with Gasteiger partial charge in [-0.1, -0.05) is 0 Å². The molecule has 0 radical (unpaired) electrons. The van der Waals surface area contributed by atoms with E-state index in [9.17, 15) is 29.4 Å². The van der Waals surface area contributed by atoms with Gasteiger partial charge in [0.25, 0.3) is 0 Å². The Bertz CT molecular complexity index is 428. The van der Waals surface area contributed by atoms with E-state index < -0.39 is 23.9 Å². The molecule has 0 saturated heterocycles. The Hall–Kier alpha value is -1.58. The Kier molecular flexibility index (Phi) is 23.4. The van der Waals surface area contributed by atoms with E-state index in [-0.39, 0.29) is 70.2 Å². The first-order valence-electron chi connectivity index (χ1n) is 8.88. The molecule has 0 N–H and O–H groups in total. The molecule has 11 heteroatoms. The smallest absolute Gasteiger partial charge is 0.550 e. The number of rotatable bonds is 14. The number of methoxy groups -OCH3 is 2. The second-order valence-corrected chi connectivity index (χ2v) is 5.96. The Morgan fingerprint density at radius 3 is 1.24 bits per heavy atom. The van der Waals surface area contributed by atoms with Gasteiger partial charge in [-0.15, -0.1) is 0 Å². The summed E-state index contributed by atoms with van der Waals surface area (Å²) < 4.78 is 19.3. The second kappa shape index (κ2) is 21.1. The van der Waals surface area contributed by atoms with Gasteiger partial charge < -0.3 is 38.7 Å². The summed E-state index contributed by atoms with van der Waals surface area (Å²) in [4.78, 5) is 42.1. The maximum Gasteiger partial charge on any atom is 2.00 e. The molecule has 0 saturated carbocycles. The first-order chi connectivity index (χ1) is 13.1. The SMILES string of the molecule is COCC(C)OC(=O)CCCC(=O)[O-].COCC(C)OC(=O)CCCC(=O)[O-].[Zn+2]. The number of carboxylic acid groups (broad SMARTS) is 2. The Balaban J connectivity index is -0.000000451. The predicted octanol–water partition coefficient (Wildman–Crippen LogP) is -1.03. The molecule has 2 unspecified atom stereocenters. The molecule has 0 aromatic heterocycles. The number of aliphatic carboxylic acids is 2. The number of carbonyl (C=O) groups excluding carboxylic acids is 4. The molecule has 164 valence electrons. The maximum atomic E-state index is 11.0. The molecule has 0 fully saturated rings. The minimum Gasteiger partial charge on any atom is -0.550 e. The number of hydrogen-bond donors (Lipinski definition) is 0. The second-order valence-electron chi connectivity index (χ2n) is 5.96. The Labute approximate surface area is 184 Å². The van der Waals surface area contributed by atoms with Crippen LogP contribution < -0.4 is 10.2 Å². The average molecular weight is 472 g/mol. The topological polar surface area (TPSA) is 151 Å². The zero-order chi connectivity index (χ0) is 21.9. The normalized spacial score (nSPS) is 11.7. The number of hydrogen-bond acceptors (Lipinski definition) is 10. The van der Waals surface area contributed by atoms with Crippen molar-refractivity contribution in [3.05, 3.63) is 0 Å². The van der Waals surface area contributed by atoms with Crippen LogP contribution in [-0.4, -0.2) is 63.5 Å². The summed E-state index contributed by atoms with van der Waals surface area (Å²) in [5.41, 5.74) is 0. The van der Waals surface area contributed by atoms with E-state index >= 15 is 0 Å². The number of carboxylic acids is 2. The van der Waals surface area contributed by atoms with Gasteiger partial charge >= 0.3 is 31.4 Å². The van der Waals surface area contributed by atoms with Gasteiger partial charge in [-0.3, -0.25) is 9.59 Å². The molecular formula is C18H30O10Zn. The van der Waals surface area contributed by atoms with Crippen molar-refractivity contribution in [2.45, 2.75) is 64.6 Å². The van der Waals surface area contributed by atoms with Gasteiger partial charge in [-0.05, 0) is 39.5 Å². The first kappa shape index (κ1) is 32.1. The van der Waals surface area contributed by atoms with Crippen molar-refractivity contribution in [3.8, 4) is 0 Å². The van der Waals surface area contributed by atoms with Crippen LogP contribution in [0.2, 0.25) is 0 Å². The molecule has 2 atom stereocenters. The fourth-order valence-electron chi connectivity index (χ4n) is 1.86. The van der Waals surface area contributed by atoms with E-state index in [1.54, 1.807) is 13.8 Å².